The summed E-state index contributed by atoms with van der Waals surface area (Å²) in [5.74, 6) is 1.19. The van der Waals surface area contributed by atoms with E-state index in [-0.39, 0.29) is 5.91 Å². The molecule has 1 aliphatic rings. The lowest BCUT2D eigenvalue weighted by Crippen LogP contribution is -2.44. The maximum atomic E-state index is 12.0. The molecule has 0 aliphatic carbocycles. The molecule has 0 unspecified atom stereocenters. The fourth-order valence-electron chi connectivity index (χ4n) is 4.11. The van der Waals surface area contributed by atoms with E-state index < -0.39 is 0 Å². The van der Waals surface area contributed by atoms with E-state index in [1.165, 1.54) is 5.69 Å². The highest BCUT2D eigenvalue weighted by Gasteiger charge is 2.16. The molecule has 2 aromatic heterocycles. The van der Waals surface area contributed by atoms with E-state index in [0.717, 1.165) is 38.3 Å². The number of nitrogens with zero attached hydrogens (tertiary/aromatic N) is 4. The van der Waals surface area contributed by atoms with Gasteiger partial charge in [-0.05, 0) is 49.9 Å². The molecular weight excluding hydrogens is 456 g/mol. The van der Waals surface area contributed by atoms with Crippen LogP contribution >= 0.6 is 0 Å². The lowest BCUT2D eigenvalue weighted by atomic mass is 10.2. The number of benzene rings is 2. The van der Waals surface area contributed by atoms with Crippen LogP contribution in [0.15, 0.2) is 65.3 Å². The number of ether oxygens (including phenoxy) is 1. The van der Waals surface area contributed by atoms with Crippen LogP contribution in [-0.2, 0) is 4.79 Å². The van der Waals surface area contributed by atoms with Gasteiger partial charge in [-0.2, -0.15) is 4.98 Å². The molecule has 9 nitrogen and oxygen atoms in total. The zero-order valence-electron chi connectivity index (χ0n) is 20.5. The van der Waals surface area contributed by atoms with Gasteiger partial charge in [0.05, 0.1) is 6.26 Å². The minimum Gasteiger partial charge on any atom is -0.457 e. The second kappa shape index (κ2) is 10.7. The van der Waals surface area contributed by atoms with Crippen molar-refractivity contribution in [3.05, 3.63) is 60.9 Å². The van der Waals surface area contributed by atoms with E-state index in [1.54, 1.807) is 24.5 Å². The van der Waals surface area contributed by atoms with Crippen molar-refractivity contribution in [3.63, 3.8) is 0 Å². The van der Waals surface area contributed by atoms with Gasteiger partial charge in [-0.25, -0.2) is 4.98 Å². The number of aromatic nitrogens is 2. The Morgan fingerprint density at radius 2 is 1.83 bits per heavy atom. The zero-order chi connectivity index (χ0) is 24.9. The number of anilines is 4. The van der Waals surface area contributed by atoms with Crippen molar-refractivity contribution < 1.29 is 13.9 Å². The molecule has 5 rings (SSSR count). The first-order valence-corrected chi connectivity index (χ1v) is 12.2. The molecule has 0 spiro atoms. The summed E-state index contributed by atoms with van der Waals surface area (Å²) in [6.07, 6.45) is 2.81. The summed E-state index contributed by atoms with van der Waals surface area (Å²) in [7, 11) is 2.15. The Balaban J connectivity index is 1.33. The van der Waals surface area contributed by atoms with Crippen molar-refractivity contribution in [2.45, 2.75) is 19.8 Å². The normalized spacial score (nSPS) is 14.1. The second-order valence-corrected chi connectivity index (χ2v) is 8.88. The summed E-state index contributed by atoms with van der Waals surface area (Å²) in [4.78, 5) is 25.8. The van der Waals surface area contributed by atoms with Crippen LogP contribution in [0.2, 0.25) is 0 Å². The highest BCUT2D eigenvalue weighted by Crippen LogP contribution is 2.31. The van der Waals surface area contributed by atoms with Gasteiger partial charge in [0.1, 0.15) is 11.3 Å². The molecule has 186 valence electrons. The molecule has 1 fully saturated rings. The number of piperazine rings is 1. The largest absolute Gasteiger partial charge is 0.457 e. The molecule has 2 aromatic carbocycles. The van der Waals surface area contributed by atoms with Gasteiger partial charge in [0.25, 0.3) is 5.88 Å². The molecule has 1 aliphatic heterocycles. The van der Waals surface area contributed by atoms with E-state index in [4.69, 9.17) is 9.15 Å². The quantitative estimate of drug-likeness (QED) is 0.349. The molecule has 2 N–H and O–H groups in total. The summed E-state index contributed by atoms with van der Waals surface area (Å²) in [5.41, 5.74) is 3.82. The van der Waals surface area contributed by atoms with Crippen molar-refractivity contribution in [2.75, 3.05) is 48.8 Å². The average Bonchev–Trinajstić information content (AvgIpc) is 3.35. The molecule has 4 aromatic rings. The van der Waals surface area contributed by atoms with E-state index in [2.05, 4.69) is 49.6 Å². The van der Waals surface area contributed by atoms with Gasteiger partial charge >= 0.3 is 0 Å². The van der Waals surface area contributed by atoms with Gasteiger partial charge in [-0.3, -0.25) is 4.79 Å². The molecule has 9 heteroatoms. The lowest BCUT2D eigenvalue weighted by molar-refractivity contribution is -0.116. The number of furan rings is 1. The van der Waals surface area contributed by atoms with Crippen molar-refractivity contribution in [2.24, 2.45) is 0 Å². The third kappa shape index (κ3) is 5.58. The van der Waals surface area contributed by atoms with Crippen LogP contribution in [0, 0.1) is 0 Å². The van der Waals surface area contributed by atoms with Crippen LogP contribution in [0.3, 0.4) is 0 Å². The van der Waals surface area contributed by atoms with Crippen molar-refractivity contribution in [1.29, 1.82) is 0 Å². The zero-order valence-corrected chi connectivity index (χ0v) is 20.5. The first-order valence-electron chi connectivity index (χ1n) is 12.2. The summed E-state index contributed by atoms with van der Waals surface area (Å²) in [5, 5.41) is 6.16. The van der Waals surface area contributed by atoms with Crippen LogP contribution in [0.25, 0.3) is 11.1 Å². The van der Waals surface area contributed by atoms with Crippen LogP contribution in [0.5, 0.6) is 11.6 Å². The highest BCUT2D eigenvalue weighted by atomic mass is 16.5. The van der Waals surface area contributed by atoms with Crippen molar-refractivity contribution in [3.8, 4) is 11.6 Å². The average molecular weight is 487 g/mol. The summed E-state index contributed by atoms with van der Waals surface area (Å²) < 4.78 is 11.7. The lowest BCUT2D eigenvalue weighted by Gasteiger charge is -2.34. The van der Waals surface area contributed by atoms with Gasteiger partial charge in [-0.15, -0.1) is 0 Å². The SMILES string of the molecule is CCCC(=O)Nc1cccc(Oc2nc(Nc3ccc(N4CCN(C)CC4)cc3)nc3ccoc23)c1. The fourth-order valence-corrected chi connectivity index (χ4v) is 4.11. The smallest absolute Gasteiger partial charge is 0.268 e. The third-order valence-corrected chi connectivity index (χ3v) is 6.07. The highest BCUT2D eigenvalue weighted by molar-refractivity contribution is 5.90. The first-order chi connectivity index (χ1) is 17.6. The standard InChI is InChI=1S/C27H30N6O3/c1-3-5-24(34)28-20-6-4-7-22(18-20)36-26-25-23(12-17-35-25)30-27(31-26)29-19-8-10-21(11-9-19)33-15-13-32(2)14-16-33/h4,6-12,17-18H,3,5,13-16H2,1-2H3,(H,28,34)(H,29,30,31). The minimum atomic E-state index is -0.0322. The molecule has 3 heterocycles. The number of nitrogens with one attached hydrogen (secondary N) is 2. The number of carbonyl (C=O) groups is 1. The molecule has 0 atom stereocenters. The summed E-state index contributed by atoms with van der Waals surface area (Å²) in [6, 6.07) is 17.2. The Bertz CT molecular complexity index is 1330. The summed E-state index contributed by atoms with van der Waals surface area (Å²) >= 11 is 0. The number of rotatable bonds is 8. The van der Waals surface area contributed by atoms with Crippen LogP contribution in [-0.4, -0.2) is 54.0 Å². The number of likely N-dealkylation sites (N-methyl/N-ethyl adjacent to an activating group) is 1. The Kier molecular flexibility index (Phi) is 6.99. The van der Waals surface area contributed by atoms with Gasteiger partial charge in [0.2, 0.25) is 17.4 Å². The third-order valence-electron chi connectivity index (χ3n) is 6.07. The van der Waals surface area contributed by atoms with Crippen LogP contribution < -0.4 is 20.3 Å². The molecule has 36 heavy (non-hydrogen) atoms. The van der Waals surface area contributed by atoms with E-state index in [1.807, 2.05) is 31.2 Å². The minimum absolute atomic E-state index is 0.0322. The number of fused-ring (bicyclic) bond motifs is 1. The second-order valence-electron chi connectivity index (χ2n) is 8.88. The topological polar surface area (TPSA) is 95.8 Å². The van der Waals surface area contributed by atoms with Gasteiger partial charge in [0, 0.05) is 61.8 Å². The van der Waals surface area contributed by atoms with E-state index >= 15 is 0 Å². The molecule has 0 bridgehead atoms. The fraction of sp³-hybridized carbons (Fsp3) is 0.296. The van der Waals surface area contributed by atoms with Crippen LogP contribution in [0.4, 0.5) is 23.0 Å². The number of hydrogen-bond donors (Lipinski definition) is 2. The molecule has 1 amide bonds. The molecule has 1 saturated heterocycles. The monoisotopic (exact) mass is 486 g/mol. The molecule has 0 radical (unpaired) electrons. The van der Waals surface area contributed by atoms with Crippen molar-refractivity contribution >= 4 is 40.0 Å². The van der Waals surface area contributed by atoms with Gasteiger partial charge in [0.15, 0.2) is 0 Å². The maximum absolute atomic E-state index is 12.0. The summed E-state index contributed by atoms with van der Waals surface area (Å²) in [6.45, 7) is 6.14. The Hall–Kier alpha value is -4.11. The van der Waals surface area contributed by atoms with Crippen LogP contribution in [0.1, 0.15) is 19.8 Å². The first kappa shape index (κ1) is 23.6. The molecular formula is C27H30N6O3. The number of carbonyl (C=O) groups excluding carboxylic acids is 1. The van der Waals surface area contributed by atoms with Crippen molar-refractivity contribution in [1.82, 2.24) is 14.9 Å². The predicted octanol–water partition coefficient (Wildman–Crippen LogP) is 5.25. The Morgan fingerprint density at radius 1 is 1.03 bits per heavy atom. The van der Waals surface area contributed by atoms with Gasteiger partial charge in [-0.1, -0.05) is 13.0 Å². The Labute approximate surface area is 210 Å². The van der Waals surface area contributed by atoms with E-state index in [0.29, 0.717) is 40.8 Å². The van der Waals surface area contributed by atoms with E-state index in [9.17, 15) is 4.79 Å². The molecule has 0 saturated carbocycles. The number of hydrogen-bond acceptors (Lipinski definition) is 8. The van der Waals surface area contributed by atoms with Gasteiger partial charge < -0.3 is 29.6 Å². The number of amides is 1. The Morgan fingerprint density at radius 3 is 2.61 bits per heavy atom. The maximum Gasteiger partial charge on any atom is 0.268 e. The predicted molar refractivity (Wildman–Crippen MR) is 141 cm³/mol.